The summed E-state index contributed by atoms with van der Waals surface area (Å²) >= 11 is 0. The summed E-state index contributed by atoms with van der Waals surface area (Å²) in [7, 11) is 0. The van der Waals surface area contributed by atoms with Crippen molar-refractivity contribution < 1.29 is 0 Å². The standard InChI is InChI=1S/C48H36N4/c1-3-11-30(12-4-1)45-49-46(31-13-5-2-6-14-31)51-47(50-45)52-43-18-10-8-16-37(43)38-21-19-33(28-44(38)52)32-20-22-41-39(27-32)36-15-7-9-17-40(36)48(41)35-24-29-23-34(26-35)42(48)25-29/h1-22,27-29,34-35,42H,23-26H2. The minimum atomic E-state index is 0.199. The van der Waals surface area contributed by atoms with Crippen molar-refractivity contribution in [2.75, 3.05) is 0 Å². The minimum absolute atomic E-state index is 0.199. The molecule has 248 valence electrons. The first-order valence-electron chi connectivity index (χ1n) is 18.9. The molecule has 0 saturated heterocycles. The molecule has 0 N–H and O–H groups in total. The second-order valence-corrected chi connectivity index (χ2v) is 15.6. The summed E-state index contributed by atoms with van der Waals surface area (Å²) in [6.45, 7) is 0. The van der Waals surface area contributed by atoms with E-state index < -0.39 is 0 Å². The monoisotopic (exact) mass is 668 g/mol. The quantitative estimate of drug-likeness (QED) is 0.187. The van der Waals surface area contributed by atoms with E-state index in [0.717, 1.165) is 45.8 Å². The number of hydrogen-bond acceptors (Lipinski definition) is 3. The molecule has 13 rings (SSSR count). The first-order chi connectivity index (χ1) is 25.7. The number of benzene rings is 6. The fourth-order valence-corrected chi connectivity index (χ4v) is 11.4. The van der Waals surface area contributed by atoms with Gasteiger partial charge in [-0.25, -0.2) is 4.98 Å². The van der Waals surface area contributed by atoms with E-state index in [1.54, 1.807) is 11.1 Å². The van der Waals surface area contributed by atoms with E-state index in [1.807, 2.05) is 36.4 Å². The maximum absolute atomic E-state index is 5.17. The molecule has 5 unspecified atom stereocenters. The highest BCUT2D eigenvalue weighted by atomic mass is 15.2. The smallest absolute Gasteiger partial charge is 0.238 e. The Bertz CT molecular complexity index is 2670. The Labute approximate surface area is 302 Å². The fourth-order valence-electron chi connectivity index (χ4n) is 11.4. The highest BCUT2D eigenvalue weighted by Gasteiger charge is 2.65. The van der Waals surface area contributed by atoms with Gasteiger partial charge in [-0.05, 0) is 101 Å². The van der Waals surface area contributed by atoms with Crippen LogP contribution in [0.15, 0.2) is 146 Å². The van der Waals surface area contributed by atoms with Gasteiger partial charge in [-0.15, -0.1) is 0 Å². The van der Waals surface area contributed by atoms with Crippen LogP contribution >= 0.6 is 0 Å². The van der Waals surface area contributed by atoms with Gasteiger partial charge in [0.15, 0.2) is 11.6 Å². The Hall–Kier alpha value is -5.87. The van der Waals surface area contributed by atoms with E-state index in [1.165, 1.54) is 58.7 Å². The average Bonchev–Trinajstić information content (AvgIpc) is 3.87. The van der Waals surface area contributed by atoms with Crippen molar-refractivity contribution >= 4 is 21.8 Å². The normalized spacial score (nSPS) is 23.5. The third kappa shape index (κ3) is 3.84. The summed E-state index contributed by atoms with van der Waals surface area (Å²) in [5.74, 6) is 5.35. The Morgan fingerprint density at radius 3 is 1.92 bits per heavy atom. The minimum Gasteiger partial charge on any atom is -0.278 e. The molecule has 2 aromatic heterocycles. The van der Waals surface area contributed by atoms with Gasteiger partial charge in [0.25, 0.3) is 0 Å². The van der Waals surface area contributed by atoms with Gasteiger partial charge < -0.3 is 0 Å². The van der Waals surface area contributed by atoms with Crippen LogP contribution in [0.3, 0.4) is 0 Å². The third-order valence-corrected chi connectivity index (χ3v) is 13.2. The summed E-state index contributed by atoms with van der Waals surface area (Å²) in [5.41, 5.74) is 12.8. The van der Waals surface area contributed by atoms with Gasteiger partial charge in [-0.1, -0.05) is 127 Å². The molecule has 5 aliphatic carbocycles. The van der Waals surface area contributed by atoms with Crippen LogP contribution in [0.2, 0.25) is 0 Å². The Kier molecular flexibility index (Phi) is 5.86. The summed E-state index contributed by atoms with van der Waals surface area (Å²) in [5, 5.41) is 2.37. The zero-order valence-electron chi connectivity index (χ0n) is 28.8. The molecule has 6 aromatic carbocycles. The third-order valence-electron chi connectivity index (χ3n) is 13.2. The highest BCUT2D eigenvalue weighted by molar-refractivity contribution is 6.10. The molecule has 5 aliphatic rings. The number of hydrogen-bond donors (Lipinski definition) is 0. The molecule has 4 fully saturated rings. The lowest BCUT2D eigenvalue weighted by molar-refractivity contribution is 0.191. The van der Waals surface area contributed by atoms with Crippen LogP contribution in [0, 0.1) is 23.7 Å². The van der Waals surface area contributed by atoms with Crippen LogP contribution in [0.25, 0.3) is 72.8 Å². The summed E-state index contributed by atoms with van der Waals surface area (Å²) in [6.07, 6.45) is 5.67. The first-order valence-corrected chi connectivity index (χ1v) is 18.9. The van der Waals surface area contributed by atoms with Crippen molar-refractivity contribution in [2.24, 2.45) is 23.7 Å². The summed E-state index contributed by atoms with van der Waals surface area (Å²) in [4.78, 5) is 15.3. The topological polar surface area (TPSA) is 43.6 Å². The van der Waals surface area contributed by atoms with Crippen molar-refractivity contribution in [3.63, 3.8) is 0 Å². The molecule has 4 heteroatoms. The predicted octanol–water partition coefficient (Wildman–Crippen LogP) is 11.3. The van der Waals surface area contributed by atoms with E-state index in [9.17, 15) is 0 Å². The number of rotatable bonds is 4. The fraction of sp³-hybridized carbons (Fsp3) is 0.188. The molecule has 4 saturated carbocycles. The highest BCUT2D eigenvalue weighted by Crippen LogP contribution is 2.72. The lowest BCUT2D eigenvalue weighted by Crippen LogP contribution is -2.40. The van der Waals surface area contributed by atoms with Gasteiger partial charge in [-0.3, -0.25) is 4.57 Å². The van der Waals surface area contributed by atoms with Gasteiger partial charge in [0.1, 0.15) is 0 Å². The van der Waals surface area contributed by atoms with E-state index in [-0.39, 0.29) is 5.41 Å². The molecule has 0 radical (unpaired) electrons. The Morgan fingerprint density at radius 2 is 1.13 bits per heavy atom. The second-order valence-electron chi connectivity index (χ2n) is 15.6. The van der Waals surface area contributed by atoms with Gasteiger partial charge in [0, 0.05) is 27.3 Å². The molecule has 1 spiro atoms. The van der Waals surface area contributed by atoms with Crippen molar-refractivity contribution in [2.45, 2.75) is 31.1 Å². The first kappa shape index (κ1) is 28.8. The van der Waals surface area contributed by atoms with E-state index >= 15 is 0 Å². The number of nitrogens with zero attached hydrogens (tertiary/aromatic N) is 4. The molecule has 8 aromatic rings. The zero-order valence-corrected chi connectivity index (χ0v) is 28.8. The maximum atomic E-state index is 5.17. The zero-order chi connectivity index (χ0) is 34.0. The number of fused-ring (bicyclic) bond motifs is 6. The lowest BCUT2D eigenvalue weighted by Gasteiger charge is -2.43. The van der Waals surface area contributed by atoms with Crippen LogP contribution < -0.4 is 0 Å². The lowest BCUT2D eigenvalue weighted by atomic mass is 9.59. The molecular weight excluding hydrogens is 633 g/mol. The molecule has 4 bridgehead atoms. The van der Waals surface area contributed by atoms with Crippen LogP contribution in [-0.2, 0) is 5.41 Å². The molecule has 4 nitrogen and oxygen atoms in total. The average molecular weight is 669 g/mol. The van der Waals surface area contributed by atoms with Gasteiger partial charge in [0.2, 0.25) is 5.95 Å². The van der Waals surface area contributed by atoms with E-state index in [4.69, 9.17) is 15.0 Å². The van der Waals surface area contributed by atoms with Crippen molar-refractivity contribution in [1.29, 1.82) is 0 Å². The molecule has 5 atom stereocenters. The molecule has 0 amide bonds. The van der Waals surface area contributed by atoms with E-state index in [0.29, 0.717) is 17.6 Å². The maximum Gasteiger partial charge on any atom is 0.238 e. The SMILES string of the molecule is c1ccc(-c2nc(-c3ccccc3)nc(-n3c4ccccc4c4ccc(-c5ccc6c(c5)-c5ccccc5C65C6CC7CC(C6)C5C7)cc43)n2)cc1. The molecular formula is C48H36N4. The van der Waals surface area contributed by atoms with Gasteiger partial charge in [-0.2, -0.15) is 9.97 Å². The largest absolute Gasteiger partial charge is 0.278 e. The van der Waals surface area contributed by atoms with Crippen molar-refractivity contribution in [1.82, 2.24) is 19.5 Å². The van der Waals surface area contributed by atoms with E-state index in [2.05, 4.69) is 114 Å². The Balaban J connectivity index is 1.06. The second kappa shape index (κ2) is 10.6. The van der Waals surface area contributed by atoms with Crippen molar-refractivity contribution in [3.8, 4) is 51.0 Å². The molecule has 2 heterocycles. The van der Waals surface area contributed by atoms with Crippen molar-refractivity contribution in [3.05, 3.63) is 157 Å². The van der Waals surface area contributed by atoms with Crippen LogP contribution in [0.1, 0.15) is 36.8 Å². The van der Waals surface area contributed by atoms with Gasteiger partial charge in [0.05, 0.1) is 11.0 Å². The van der Waals surface area contributed by atoms with Crippen LogP contribution in [0.5, 0.6) is 0 Å². The number of aromatic nitrogens is 4. The molecule has 52 heavy (non-hydrogen) atoms. The number of para-hydroxylation sites is 1. The van der Waals surface area contributed by atoms with Gasteiger partial charge >= 0.3 is 0 Å². The predicted molar refractivity (Wildman–Crippen MR) is 209 cm³/mol. The van der Waals surface area contributed by atoms with Crippen LogP contribution in [0.4, 0.5) is 0 Å². The Morgan fingerprint density at radius 1 is 0.481 bits per heavy atom. The molecule has 0 aliphatic heterocycles. The van der Waals surface area contributed by atoms with Crippen LogP contribution in [-0.4, -0.2) is 19.5 Å². The summed E-state index contributed by atoms with van der Waals surface area (Å²) < 4.78 is 2.23. The summed E-state index contributed by atoms with van der Waals surface area (Å²) in [6, 6.07) is 52.8.